The highest BCUT2D eigenvalue weighted by molar-refractivity contribution is 5.70. The second-order valence-corrected chi connectivity index (χ2v) is 3.78. The Bertz CT molecular complexity index is 270. The number of aliphatic carboxylic acids is 1. The van der Waals surface area contributed by atoms with Crippen LogP contribution in [0.3, 0.4) is 0 Å². The average molecular weight is 230 g/mol. The third-order valence-corrected chi connectivity index (χ3v) is 2.67. The molecule has 0 saturated heterocycles. The Kier molecular flexibility index (Phi) is 6.04. The van der Waals surface area contributed by atoms with E-state index in [0.29, 0.717) is 6.42 Å². The molecule has 0 amide bonds. The minimum atomic E-state index is -1.56. The van der Waals surface area contributed by atoms with Crippen molar-refractivity contribution in [2.24, 2.45) is 11.8 Å². The molecule has 0 saturated carbocycles. The first kappa shape index (κ1) is 14.9. The lowest BCUT2D eigenvalue weighted by atomic mass is 9.89. The van der Waals surface area contributed by atoms with E-state index in [1.807, 2.05) is 0 Å². The molecular formula is C11H18O5. The Morgan fingerprint density at radius 3 is 2.06 bits per heavy atom. The van der Waals surface area contributed by atoms with Gasteiger partial charge in [0.15, 0.2) is 0 Å². The van der Waals surface area contributed by atoms with Gasteiger partial charge >= 0.3 is 5.97 Å². The number of aliphatic hydroxyl groups excluding tert-OH is 3. The van der Waals surface area contributed by atoms with Crippen molar-refractivity contribution in [3.8, 4) is 12.3 Å². The van der Waals surface area contributed by atoms with Gasteiger partial charge in [-0.2, -0.15) is 0 Å². The number of hydrogen-bond donors (Lipinski definition) is 4. The molecule has 0 radical (unpaired) electrons. The number of hydrogen-bond acceptors (Lipinski definition) is 4. The van der Waals surface area contributed by atoms with Crippen LogP contribution in [0.2, 0.25) is 0 Å². The highest BCUT2D eigenvalue weighted by atomic mass is 16.4. The molecular weight excluding hydrogens is 212 g/mol. The number of rotatable bonds is 6. The van der Waals surface area contributed by atoms with Gasteiger partial charge in [0.1, 0.15) is 6.10 Å². The van der Waals surface area contributed by atoms with Crippen molar-refractivity contribution in [3.05, 3.63) is 0 Å². The first-order valence-electron chi connectivity index (χ1n) is 5.09. The fraction of sp³-hybridized carbons (Fsp3) is 0.727. The maximum Gasteiger partial charge on any atom is 0.308 e. The molecule has 5 heteroatoms. The Morgan fingerprint density at radius 1 is 1.25 bits per heavy atom. The molecule has 0 aromatic rings. The van der Waals surface area contributed by atoms with Crippen molar-refractivity contribution in [3.63, 3.8) is 0 Å². The lowest BCUT2D eigenvalue weighted by Crippen LogP contribution is -2.46. The van der Waals surface area contributed by atoms with Crippen LogP contribution in [0.4, 0.5) is 0 Å². The molecule has 4 N–H and O–H groups in total. The summed E-state index contributed by atoms with van der Waals surface area (Å²) < 4.78 is 0. The summed E-state index contributed by atoms with van der Waals surface area (Å²) in [5.41, 5.74) is 0. The van der Waals surface area contributed by atoms with Crippen molar-refractivity contribution in [2.75, 3.05) is 0 Å². The average Bonchev–Trinajstić information content (AvgIpc) is 2.27. The van der Waals surface area contributed by atoms with Crippen LogP contribution in [0, 0.1) is 24.2 Å². The third kappa shape index (κ3) is 3.49. The molecule has 0 unspecified atom stereocenters. The van der Waals surface area contributed by atoms with E-state index in [1.165, 1.54) is 6.92 Å². The van der Waals surface area contributed by atoms with Crippen molar-refractivity contribution in [2.45, 2.75) is 38.6 Å². The molecule has 0 bridgehead atoms. The normalized spacial score (nSPS) is 20.2. The molecule has 0 rings (SSSR count). The van der Waals surface area contributed by atoms with Crippen molar-refractivity contribution in [1.82, 2.24) is 0 Å². The summed E-state index contributed by atoms with van der Waals surface area (Å²) in [5, 5.41) is 37.4. The van der Waals surface area contributed by atoms with E-state index in [2.05, 4.69) is 5.92 Å². The predicted octanol–water partition coefficient (Wildman–Crippen LogP) is -0.551. The molecule has 16 heavy (non-hydrogen) atoms. The van der Waals surface area contributed by atoms with Crippen LogP contribution in [-0.4, -0.2) is 44.7 Å². The van der Waals surface area contributed by atoms with E-state index < -0.39 is 36.1 Å². The smallest absolute Gasteiger partial charge is 0.308 e. The second-order valence-electron chi connectivity index (χ2n) is 3.78. The monoisotopic (exact) mass is 230 g/mol. The van der Waals surface area contributed by atoms with Crippen LogP contribution >= 0.6 is 0 Å². The summed E-state index contributed by atoms with van der Waals surface area (Å²) in [7, 11) is 0. The van der Waals surface area contributed by atoms with Crippen LogP contribution in [0.25, 0.3) is 0 Å². The van der Waals surface area contributed by atoms with Gasteiger partial charge < -0.3 is 20.4 Å². The van der Waals surface area contributed by atoms with Gasteiger partial charge in [0.05, 0.1) is 18.1 Å². The molecule has 92 valence electrons. The van der Waals surface area contributed by atoms with E-state index in [9.17, 15) is 20.1 Å². The third-order valence-electron chi connectivity index (χ3n) is 2.67. The first-order chi connectivity index (χ1) is 7.36. The van der Waals surface area contributed by atoms with Gasteiger partial charge in [-0.15, -0.1) is 12.3 Å². The Balaban J connectivity index is 4.60. The molecule has 0 aromatic carbocycles. The van der Waals surface area contributed by atoms with E-state index in [0.717, 1.165) is 0 Å². The molecule has 5 atom stereocenters. The topological polar surface area (TPSA) is 98.0 Å². The van der Waals surface area contributed by atoms with Gasteiger partial charge in [-0.1, -0.05) is 6.92 Å². The Hall–Kier alpha value is -1.09. The lowest BCUT2D eigenvalue weighted by Gasteiger charge is -2.28. The number of carboxylic acid groups (broad SMARTS) is 1. The van der Waals surface area contributed by atoms with E-state index in [1.54, 1.807) is 6.92 Å². The predicted molar refractivity (Wildman–Crippen MR) is 57.4 cm³/mol. The first-order valence-corrected chi connectivity index (χ1v) is 5.09. The molecule has 0 heterocycles. The van der Waals surface area contributed by atoms with Crippen LogP contribution in [-0.2, 0) is 4.79 Å². The van der Waals surface area contributed by atoms with Crippen LogP contribution in [0.5, 0.6) is 0 Å². The minimum absolute atomic E-state index is 0.433. The zero-order valence-corrected chi connectivity index (χ0v) is 9.37. The fourth-order valence-corrected chi connectivity index (χ4v) is 1.34. The SMILES string of the molecule is C#C[C@H](CC)[C@@H](O)[C@@H](O)[C@@H](O)[C@H](C)C(=O)O. The largest absolute Gasteiger partial charge is 0.481 e. The van der Waals surface area contributed by atoms with Crippen molar-refractivity contribution in [1.29, 1.82) is 0 Å². The van der Waals surface area contributed by atoms with Crippen molar-refractivity contribution >= 4 is 5.97 Å². The Labute approximate surface area is 94.7 Å². The molecule has 5 nitrogen and oxygen atoms in total. The summed E-state index contributed by atoms with van der Waals surface area (Å²) in [6.07, 6.45) is 1.14. The number of aliphatic hydroxyl groups is 3. The van der Waals surface area contributed by atoms with Gasteiger partial charge in [0.25, 0.3) is 0 Å². The van der Waals surface area contributed by atoms with E-state index in [-0.39, 0.29) is 0 Å². The zero-order valence-electron chi connectivity index (χ0n) is 9.37. The summed E-state index contributed by atoms with van der Waals surface area (Å²) in [4.78, 5) is 10.6. The molecule has 0 aliphatic rings. The van der Waals surface area contributed by atoms with Gasteiger partial charge in [-0.05, 0) is 13.3 Å². The fourth-order valence-electron chi connectivity index (χ4n) is 1.34. The summed E-state index contributed by atoms with van der Waals surface area (Å²) in [6, 6.07) is 0. The zero-order chi connectivity index (χ0) is 12.9. The quantitative estimate of drug-likeness (QED) is 0.459. The summed E-state index contributed by atoms with van der Waals surface area (Å²) in [5.74, 6) is -0.729. The van der Waals surface area contributed by atoms with E-state index in [4.69, 9.17) is 11.5 Å². The molecule has 0 fully saturated rings. The lowest BCUT2D eigenvalue weighted by molar-refractivity contribution is -0.152. The number of carboxylic acids is 1. The summed E-state index contributed by atoms with van der Waals surface area (Å²) >= 11 is 0. The van der Waals surface area contributed by atoms with Crippen LogP contribution in [0.15, 0.2) is 0 Å². The highest BCUT2D eigenvalue weighted by Gasteiger charge is 2.35. The molecule has 0 aliphatic heterocycles. The van der Waals surface area contributed by atoms with Gasteiger partial charge in [0, 0.05) is 5.92 Å². The summed E-state index contributed by atoms with van der Waals surface area (Å²) in [6.45, 7) is 2.98. The molecule has 0 aromatic heterocycles. The standard InChI is InChI=1S/C11H18O5/c1-4-7(5-2)9(13)10(14)8(12)6(3)11(15)16/h1,6-10,12-14H,5H2,2-3H3,(H,15,16)/t6-,7+,8-,9+,10-/m0/s1. The maximum atomic E-state index is 10.6. The van der Waals surface area contributed by atoms with Crippen LogP contribution < -0.4 is 0 Å². The van der Waals surface area contributed by atoms with Crippen molar-refractivity contribution < 1.29 is 25.2 Å². The number of terminal acetylenes is 1. The minimum Gasteiger partial charge on any atom is -0.481 e. The van der Waals surface area contributed by atoms with Gasteiger partial charge in [0.2, 0.25) is 0 Å². The Morgan fingerprint density at radius 2 is 1.75 bits per heavy atom. The highest BCUT2D eigenvalue weighted by Crippen LogP contribution is 2.17. The molecule has 0 aliphatic carbocycles. The van der Waals surface area contributed by atoms with E-state index >= 15 is 0 Å². The second kappa shape index (κ2) is 6.48. The van der Waals surface area contributed by atoms with Gasteiger partial charge in [-0.25, -0.2) is 0 Å². The van der Waals surface area contributed by atoms with Gasteiger partial charge in [-0.3, -0.25) is 4.79 Å². The number of carbonyl (C=O) groups is 1. The maximum absolute atomic E-state index is 10.6. The molecule has 0 spiro atoms. The van der Waals surface area contributed by atoms with Crippen LogP contribution in [0.1, 0.15) is 20.3 Å².